The quantitative estimate of drug-likeness (QED) is 0.419. The number of allylic oxidation sites excluding steroid dienone is 11. The van der Waals surface area contributed by atoms with Crippen molar-refractivity contribution in [2.24, 2.45) is 0 Å². The molecule has 0 unspecified atom stereocenters. The van der Waals surface area contributed by atoms with Gasteiger partial charge in [0.2, 0.25) is 0 Å². The lowest BCUT2D eigenvalue weighted by Gasteiger charge is -2.06. The fourth-order valence-corrected chi connectivity index (χ4v) is 1.66. The van der Waals surface area contributed by atoms with Gasteiger partial charge >= 0.3 is 0 Å². The third kappa shape index (κ3) is 7.27. The normalized spacial score (nSPS) is 14.0. The van der Waals surface area contributed by atoms with Crippen LogP contribution in [-0.4, -0.2) is 0 Å². The van der Waals surface area contributed by atoms with E-state index in [0.29, 0.717) is 0 Å². The first-order valence-corrected chi connectivity index (χ1v) is 7.01. The summed E-state index contributed by atoms with van der Waals surface area (Å²) in [7, 11) is 0. The van der Waals surface area contributed by atoms with Crippen LogP contribution in [0.5, 0.6) is 0 Å². The summed E-state index contributed by atoms with van der Waals surface area (Å²) in [6.45, 7) is 19.3. The van der Waals surface area contributed by atoms with Gasteiger partial charge in [-0.1, -0.05) is 50.6 Å². The Balaban J connectivity index is 5.59. The summed E-state index contributed by atoms with van der Waals surface area (Å²) in [5.74, 6) is 0. The fourth-order valence-electron chi connectivity index (χ4n) is 1.35. The van der Waals surface area contributed by atoms with Crippen LogP contribution in [0.1, 0.15) is 13.8 Å². The first-order valence-electron chi connectivity index (χ1n) is 6.11. The average molecular weight is 303 g/mol. The lowest BCUT2D eigenvalue weighted by atomic mass is 10.0. The second-order valence-corrected chi connectivity index (χ2v) is 5.50. The van der Waals surface area contributed by atoms with Crippen molar-refractivity contribution in [3.8, 4) is 0 Å². The minimum absolute atomic E-state index is 0.785. The molecule has 0 aromatic rings. The van der Waals surface area contributed by atoms with Crippen LogP contribution < -0.4 is 0 Å². The van der Waals surface area contributed by atoms with Gasteiger partial charge in [-0.25, -0.2) is 0 Å². The minimum atomic E-state index is 0.785. The molecular formula is C18H22S2. The van der Waals surface area contributed by atoms with Crippen molar-refractivity contribution in [1.29, 1.82) is 0 Å². The molecule has 0 aromatic carbocycles. The summed E-state index contributed by atoms with van der Waals surface area (Å²) in [6, 6.07) is 0. The highest BCUT2D eigenvalue weighted by atomic mass is 32.1. The van der Waals surface area contributed by atoms with Gasteiger partial charge in [0.05, 0.1) is 0 Å². The maximum absolute atomic E-state index is 4.33. The molecule has 0 saturated heterocycles. The van der Waals surface area contributed by atoms with Crippen LogP contribution in [0.4, 0.5) is 0 Å². The molecule has 0 N–H and O–H groups in total. The van der Waals surface area contributed by atoms with E-state index in [0.717, 1.165) is 32.1 Å². The van der Waals surface area contributed by atoms with Gasteiger partial charge in [0.15, 0.2) is 0 Å². The predicted octanol–water partition coefficient (Wildman–Crippen LogP) is 5.99. The monoisotopic (exact) mass is 302 g/mol. The Kier molecular flexibility index (Phi) is 8.86. The van der Waals surface area contributed by atoms with Gasteiger partial charge in [-0.2, -0.15) is 0 Å². The molecule has 2 heteroatoms. The zero-order chi connectivity index (χ0) is 15.7. The maximum atomic E-state index is 4.33. The van der Waals surface area contributed by atoms with Gasteiger partial charge in [-0.05, 0) is 53.2 Å². The molecule has 20 heavy (non-hydrogen) atoms. The van der Waals surface area contributed by atoms with E-state index < -0.39 is 0 Å². The number of thiol groups is 2. The molecule has 0 aliphatic carbocycles. The van der Waals surface area contributed by atoms with Gasteiger partial charge in [0.1, 0.15) is 0 Å². The summed E-state index contributed by atoms with van der Waals surface area (Å²) >= 11 is 8.57. The molecule has 0 spiro atoms. The zero-order valence-electron chi connectivity index (χ0n) is 12.2. The minimum Gasteiger partial charge on any atom is -0.148 e. The molecular weight excluding hydrogens is 280 g/mol. The molecule has 0 aliphatic rings. The molecule has 0 saturated carbocycles. The van der Waals surface area contributed by atoms with Gasteiger partial charge in [-0.15, -0.1) is 25.3 Å². The Hall–Kier alpha value is -1.38. The zero-order valence-corrected chi connectivity index (χ0v) is 14.0. The van der Waals surface area contributed by atoms with Crippen molar-refractivity contribution < 1.29 is 0 Å². The van der Waals surface area contributed by atoms with Crippen LogP contribution in [-0.2, 0) is 0 Å². The SMILES string of the molecule is C=CC(=C)/C(C)=C(\C=C/C(=C)/C=C(\C)S)/C=C(/S)C=C. The van der Waals surface area contributed by atoms with Crippen molar-refractivity contribution in [1.82, 2.24) is 0 Å². The number of hydrogen-bond donors (Lipinski definition) is 2. The molecule has 0 aromatic heterocycles. The molecule has 0 atom stereocenters. The van der Waals surface area contributed by atoms with E-state index in [-0.39, 0.29) is 0 Å². The smallest absolute Gasteiger partial charge is 0.00401 e. The Morgan fingerprint density at radius 1 is 0.900 bits per heavy atom. The van der Waals surface area contributed by atoms with Crippen LogP contribution in [0.25, 0.3) is 0 Å². The summed E-state index contributed by atoms with van der Waals surface area (Å²) in [5.41, 5.74) is 3.77. The Morgan fingerprint density at radius 3 is 1.95 bits per heavy atom. The highest BCUT2D eigenvalue weighted by Crippen LogP contribution is 2.20. The van der Waals surface area contributed by atoms with Crippen molar-refractivity contribution in [3.63, 3.8) is 0 Å². The summed E-state index contributed by atoms with van der Waals surface area (Å²) in [4.78, 5) is 1.70. The molecule has 0 fully saturated rings. The number of rotatable bonds is 7. The first-order chi connectivity index (χ1) is 9.31. The molecule has 0 nitrogen and oxygen atoms in total. The highest BCUT2D eigenvalue weighted by Gasteiger charge is 1.99. The predicted molar refractivity (Wildman–Crippen MR) is 100 cm³/mol. The summed E-state index contributed by atoms with van der Waals surface area (Å²) < 4.78 is 0. The van der Waals surface area contributed by atoms with E-state index in [1.165, 1.54) is 0 Å². The van der Waals surface area contributed by atoms with E-state index >= 15 is 0 Å². The molecule has 0 amide bonds. The largest absolute Gasteiger partial charge is 0.148 e. The van der Waals surface area contributed by atoms with Crippen molar-refractivity contribution in [2.45, 2.75) is 13.8 Å². The van der Waals surface area contributed by atoms with Gasteiger partial charge in [0, 0.05) is 4.91 Å². The topological polar surface area (TPSA) is 0 Å². The van der Waals surface area contributed by atoms with E-state index in [9.17, 15) is 0 Å². The van der Waals surface area contributed by atoms with E-state index in [2.05, 4.69) is 51.6 Å². The average Bonchev–Trinajstić information content (AvgIpc) is 2.40. The Bertz CT molecular complexity index is 534. The first kappa shape index (κ1) is 18.6. The van der Waals surface area contributed by atoms with Crippen LogP contribution in [0.2, 0.25) is 0 Å². The van der Waals surface area contributed by atoms with Crippen LogP contribution in [0, 0.1) is 0 Å². The summed E-state index contributed by atoms with van der Waals surface area (Å²) in [5, 5.41) is 0. The lowest BCUT2D eigenvalue weighted by Crippen LogP contribution is -1.86. The molecule has 0 radical (unpaired) electrons. The van der Waals surface area contributed by atoms with Crippen LogP contribution in [0.15, 0.2) is 94.9 Å². The lowest BCUT2D eigenvalue weighted by molar-refractivity contribution is 1.39. The van der Waals surface area contributed by atoms with Crippen molar-refractivity contribution in [2.75, 3.05) is 0 Å². The van der Waals surface area contributed by atoms with Gasteiger partial charge < -0.3 is 0 Å². The number of hydrogen-bond acceptors (Lipinski definition) is 2. The third-order valence-electron chi connectivity index (χ3n) is 2.54. The molecule has 0 rings (SSSR count). The molecule has 106 valence electrons. The van der Waals surface area contributed by atoms with Crippen LogP contribution >= 0.6 is 25.3 Å². The standard InChI is InChI=1S/C18H22S2/c1-7-14(4)16(6)17(12-18(20)8-2)10-9-13(3)11-15(5)19/h7-12,19-20H,1-4H2,5-6H3/b10-9-,15-11+,17-16+,18-12+. The second-order valence-electron chi connectivity index (χ2n) is 4.28. The van der Waals surface area contributed by atoms with Gasteiger partial charge in [0.25, 0.3) is 0 Å². The van der Waals surface area contributed by atoms with E-state index in [1.807, 2.05) is 38.2 Å². The van der Waals surface area contributed by atoms with E-state index in [4.69, 9.17) is 0 Å². The van der Waals surface area contributed by atoms with E-state index in [1.54, 1.807) is 12.2 Å². The summed E-state index contributed by atoms with van der Waals surface area (Å²) in [6.07, 6.45) is 11.1. The molecule has 0 heterocycles. The van der Waals surface area contributed by atoms with Crippen molar-refractivity contribution in [3.05, 3.63) is 94.9 Å². The molecule has 0 bridgehead atoms. The fraction of sp³-hybridized carbons (Fsp3) is 0.111. The third-order valence-corrected chi connectivity index (χ3v) is 2.99. The maximum Gasteiger partial charge on any atom is 0.00401 e. The second kappa shape index (κ2) is 9.51. The molecule has 0 aliphatic heterocycles. The highest BCUT2D eigenvalue weighted by molar-refractivity contribution is 7.84. The Morgan fingerprint density at radius 2 is 1.50 bits per heavy atom. The van der Waals surface area contributed by atoms with Crippen LogP contribution in [0.3, 0.4) is 0 Å². The van der Waals surface area contributed by atoms with Gasteiger partial charge in [-0.3, -0.25) is 0 Å². The Labute approximate surface area is 134 Å². The van der Waals surface area contributed by atoms with Crippen molar-refractivity contribution >= 4 is 25.3 Å².